The number of hydrogen-bond acceptors (Lipinski definition) is 3. The molecule has 2 aromatic rings. The minimum Gasteiger partial charge on any atom is -0.469 e. The van der Waals surface area contributed by atoms with Gasteiger partial charge in [-0.05, 0) is 26.5 Å². The highest BCUT2D eigenvalue weighted by atomic mass is 16.3. The average Bonchev–Trinajstić information content (AvgIpc) is 2.92. The van der Waals surface area contributed by atoms with E-state index in [-0.39, 0.29) is 6.04 Å². The van der Waals surface area contributed by atoms with Gasteiger partial charge in [0.15, 0.2) is 0 Å². The van der Waals surface area contributed by atoms with E-state index in [2.05, 4.69) is 21.8 Å². The lowest BCUT2D eigenvalue weighted by atomic mass is 10.1. The van der Waals surface area contributed by atoms with Crippen molar-refractivity contribution < 1.29 is 4.42 Å². The second kappa shape index (κ2) is 5.19. The maximum absolute atomic E-state index is 5.37. The summed E-state index contributed by atoms with van der Waals surface area (Å²) in [4.78, 5) is 4.46. The van der Waals surface area contributed by atoms with Gasteiger partial charge in [0.2, 0.25) is 0 Å². The molecule has 0 fully saturated rings. The van der Waals surface area contributed by atoms with Gasteiger partial charge < -0.3 is 14.3 Å². The van der Waals surface area contributed by atoms with Crippen LogP contribution in [0.1, 0.15) is 36.5 Å². The summed E-state index contributed by atoms with van der Waals surface area (Å²) in [5.74, 6) is 1.98. The summed E-state index contributed by atoms with van der Waals surface area (Å²) in [5.41, 5.74) is 1.15. The van der Waals surface area contributed by atoms with Crippen molar-refractivity contribution in [3.05, 3.63) is 41.9 Å². The van der Waals surface area contributed by atoms with Crippen LogP contribution in [0.25, 0.3) is 0 Å². The fourth-order valence-electron chi connectivity index (χ4n) is 2.13. The van der Waals surface area contributed by atoms with E-state index in [1.54, 1.807) is 6.26 Å². The molecular formula is C13H19N3O. The predicted molar refractivity (Wildman–Crippen MR) is 66.9 cm³/mol. The van der Waals surface area contributed by atoms with Crippen molar-refractivity contribution in [3.8, 4) is 0 Å². The molecule has 0 radical (unpaired) electrons. The number of furan rings is 1. The monoisotopic (exact) mass is 233 g/mol. The molecule has 1 atom stereocenters. The van der Waals surface area contributed by atoms with E-state index in [1.807, 2.05) is 32.4 Å². The van der Waals surface area contributed by atoms with E-state index in [9.17, 15) is 0 Å². The van der Waals surface area contributed by atoms with E-state index < -0.39 is 0 Å². The second-order valence-electron chi connectivity index (χ2n) is 4.13. The van der Waals surface area contributed by atoms with Crippen LogP contribution >= 0.6 is 0 Å². The van der Waals surface area contributed by atoms with E-state index in [4.69, 9.17) is 4.42 Å². The first kappa shape index (κ1) is 11.9. The van der Waals surface area contributed by atoms with Crippen LogP contribution in [0.2, 0.25) is 0 Å². The molecule has 0 saturated heterocycles. The third kappa shape index (κ3) is 2.26. The van der Waals surface area contributed by atoms with Gasteiger partial charge in [0.1, 0.15) is 11.6 Å². The highest BCUT2D eigenvalue weighted by Crippen LogP contribution is 2.24. The summed E-state index contributed by atoms with van der Waals surface area (Å²) in [6.45, 7) is 5.14. The first-order chi connectivity index (χ1) is 8.27. The molecule has 0 aromatic carbocycles. The van der Waals surface area contributed by atoms with E-state index in [0.717, 1.165) is 30.1 Å². The SMILES string of the molecule is CCCn1ccnc1C(NC)c1ccoc1C. The van der Waals surface area contributed by atoms with Crippen LogP contribution in [0.15, 0.2) is 29.1 Å². The van der Waals surface area contributed by atoms with Crippen LogP contribution in [0.3, 0.4) is 0 Å². The summed E-state index contributed by atoms with van der Waals surface area (Å²) in [5, 5.41) is 3.30. The number of nitrogens with zero attached hydrogens (tertiary/aromatic N) is 2. The molecular weight excluding hydrogens is 214 g/mol. The quantitative estimate of drug-likeness (QED) is 0.862. The Morgan fingerprint density at radius 1 is 1.53 bits per heavy atom. The summed E-state index contributed by atoms with van der Waals surface area (Å²) in [6, 6.07) is 2.09. The van der Waals surface area contributed by atoms with Crippen molar-refractivity contribution in [2.45, 2.75) is 32.9 Å². The Labute approximate surface area is 102 Å². The summed E-state index contributed by atoms with van der Waals surface area (Å²) in [6.07, 6.45) is 6.70. The van der Waals surface area contributed by atoms with E-state index in [0.29, 0.717) is 0 Å². The third-order valence-corrected chi connectivity index (χ3v) is 2.97. The van der Waals surface area contributed by atoms with Crippen molar-refractivity contribution in [2.24, 2.45) is 0 Å². The molecule has 0 aliphatic heterocycles. The van der Waals surface area contributed by atoms with Crippen LogP contribution in [0, 0.1) is 6.92 Å². The summed E-state index contributed by atoms with van der Waals surface area (Å²) in [7, 11) is 1.95. The van der Waals surface area contributed by atoms with Gasteiger partial charge >= 0.3 is 0 Å². The van der Waals surface area contributed by atoms with Gasteiger partial charge in [0, 0.05) is 24.5 Å². The van der Waals surface area contributed by atoms with Crippen LogP contribution in [0.4, 0.5) is 0 Å². The molecule has 2 aromatic heterocycles. The van der Waals surface area contributed by atoms with Gasteiger partial charge in [-0.1, -0.05) is 6.92 Å². The maximum atomic E-state index is 5.37. The van der Waals surface area contributed by atoms with E-state index >= 15 is 0 Å². The van der Waals surface area contributed by atoms with Gasteiger partial charge in [-0.2, -0.15) is 0 Å². The summed E-state index contributed by atoms with van der Waals surface area (Å²) < 4.78 is 7.56. The summed E-state index contributed by atoms with van der Waals surface area (Å²) >= 11 is 0. The minimum atomic E-state index is 0.0929. The maximum Gasteiger partial charge on any atom is 0.130 e. The molecule has 2 heterocycles. The molecule has 2 rings (SSSR count). The van der Waals surface area contributed by atoms with Crippen LogP contribution in [0.5, 0.6) is 0 Å². The Morgan fingerprint density at radius 3 is 2.94 bits per heavy atom. The van der Waals surface area contributed by atoms with Gasteiger partial charge in [-0.15, -0.1) is 0 Å². The van der Waals surface area contributed by atoms with E-state index in [1.165, 1.54) is 0 Å². The van der Waals surface area contributed by atoms with Gasteiger partial charge in [0.05, 0.1) is 12.3 Å². The molecule has 17 heavy (non-hydrogen) atoms. The molecule has 4 nitrogen and oxygen atoms in total. The number of imidazole rings is 1. The number of hydrogen-bond donors (Lipinski definition) is 1. The zero-order valence-corrected chi connectivity index (χ0v) is 10.6. The number of rotatable bonds is 5. The van der Waals surface area contributed by atoms with Crippen molar-refractivity contribution in [3.63, 3.8) is 0 Å². The Hall–Kier alpha value is -1.55. The fourth-order valence-corrected chi connectivity index (χ4v) is 2.13. The minimum absolute atomic E-state index is 0.0929. The normalized spacial score (nSPS) is 12.9. The molecule has 0 saturated carbocycles. The molecule has 1 unspecified atom stereocenters. The lowest BCUT2D eigenvalue weighted by molar-refractivity contribution is 0.513. The van der Waals surface area contributed by atoms with Crippen molar-refractivity contribution in [2.75, 3.05) is 7.05 Å². The topological polar surface area (TPSA) is 43.0 Å². The Balaban J connectivity index is 2.35. The van der Waals surface area contributed by atoms with Gasteiger partial charge in [-0.25, -0.2) is 4.98 Å². The Kier molecular flexibility index (Phi) is 3.64. The van der Waals surface area contributed by atoms with Crippen molar-refractivity contribution in [1.82, 2.24) is 14.9 Å². The molecule has 0 amide bonds. The zero-order valence-electron chi connectivity index (χ0n) is 10.6. The third-order valence-electron chi connectivity index (χ3n) is 2.97. The lowest BCUT2D eigenvalue weighted by Gasteiger charge is -2.17. The highest BCUT2D eigenvalue weighted by molar-refractivity contribution is 5.26. The number of aryl methyl sites for hydroxylation is 2. The Morgan fingerprint density at radius 2 is 2.35 bits per heavy atom. The molecule has 0 aliphatic rings. The lowest BCUT2D eigenvalue weighted by Crippen LogP contribution is -2.22. The second-order valence-corrected chi connectivity index (χ2v) is 4.13. The molecule has 0 spiro atoms. The number of nitrogens with one attached hydrogen (secondary N) is 1. The Bertz CT molecular complexity index is 472. The standard InChI is InChI=1S/C13H19N3O/c1-4-7-16-8-6-15-13(16)12(14-3)11-5-9-17-10(11)2/h5-6,8-9,12,14H,4,7H2,1-3H3. The molecule has 92 valence electrons. The first-order valence-electron chi connectivity index (χ1n) is 6.00. The largest absolute Gasteiger partial charge is 0.469 e. The molecule has 1 N–H and O–H groups in total. The molecule has 0 bridgehead atoms. The van der Waals surface area contributed by atoms with Crippen molar-refractivity contribution >= 4 is 0 Å². The average molecular weight is 233 g/mol. The first-order valence-corrected chi connectivity index (χ1v) is 6.00. The van der Waals surface area contributed by atoms with Gasteiger partial charge in [0.25, 0.3) is 0 Å². The molecule has 4 heteroatoms. The smallest absolute Gasteiger partial charge is 0.130 e. The van der Waals surface area contributed by atoms with Crippen LogP contribution in [-0.4, -0.2) is 16.6 Å². The van der Waals surface area contributed by atoms with Crippen LogP contribution < -0.4 is 5.32 Å². The fraction of sp³-hybridized carbons (Fsp3) is 0.462. The highest BCUT2D eigenvalue weighted by Gasteiger charge is 2.20. The van der Waals surface area contributed by atoms with Crippen molar-refractivity contribution in [1.29, 1.82) is 0 Å². The van der Waals surface area contributed by atoms with Crippen LogP contribution in [-0.2, 0) is 6.54 Å². The zero-order chi connectivity index (χ0) is 12.3. The number of aromatic nitrogens is 2. The predicted octanol–water partition coefficient (Wildman–Crippen LogP) is 2.50. The van der Waals surface area contributed by atoms with Gasteiger partial charge in [-0.3, -0.25) is 0 Å². The molecule has 0 aliphatic carbocycles.